The van der Waals surface area contributed by atoms with E-state index in [4.69, 9.17) is 36.3 Å². The van der Waals surface area contributed by atoms with E-state index in [0.29, 0.717) is 53.2 Å². The monoisotopic (exact) mass is 407 g/mol. The van der Waals surface area contributed by atoms with Crippen molar-refractivity contribution >= 4 is 23.8 Å². The fourth-order valence-electron chi connectivity index (χ4n) is 2.28. The van der Waals surface area contributed by atoms with E-state index in [1.807, 2.05) is 24.3 Å². The lowest BCUT2D eigenvalue weighted by Gasteiger charge is -2.14. The molecule has 0 heterocycles. The van der Waals surface area contributed by atoms with Crippen LogP contribution < -0.4 is 30.1 Å². The molecule has 150 valence electrons. The largest absolute Gasteiger partial charge is 0.493 e. The molecule has 0 saturated carbocycles. The van der Waals surface area contributed by atoms with Gasteiger partial charge in [0.25, 0.3) is 0 Å². The highest BCUT2D eigenvalue weighted by molar-refractivity contribution is 6.32. The van der Waals surface area contributed by atoms with Crippen molar-refractivity contribution in [2.45, 2.75) is 6.42 Å². The Morgan fingerprint density at radius 3 is 2.46 bits per heavy atom. The van der Waals surface area contributed by atoms with Gasteiger partial charge in [0, 0.05) is 6.42 Å². The number of urea groups is 1. The summed E-state index contributed by atoms with van der Waals surface area (Å²) in [5.41, 5.74) is 7.67. The molecule has 0 spiro atoms. The highest BCUT2D eigenvalue weighted by Crippen LogP contribution is 2.36. The number of nitrogens with zero attached hydrogens (tertiary/aromatic N) is 1. The predicted molar refractivity (Wildman–Crippen MR) is 107 cm³/mol. The number of carbonyl (C=O) groups excluding carboxylic acids is 1. The summed E-state index contributed by atoms with van der Waals surface area (Å²) < 4.78 is 22.0. The van der Waals surface area contributed by atoms with Crippen LogP contribution in [0.3, 0.4) is 0 Å². The Labute approximate surface area is 168 Å². The van der Waals surface area contributed by atoms with Crippen molar-refractivity contribution in [3.05, 3.63) is 47.0 Å². The van der Waals surface area contributed by atoms with Crippen LogP contribution in [0.2, 0.25) is 5.02 Å². The van der Waals surface area contributed by atoms with Gasteiger partial charge in [-0.05, 0) is 29.8 Å². The maximum absolute atomic E-state index is 10.6. The molecule has 3 N–H and O–H groups in total. The molecule has 0 aliphatic carbocycles. The first kappa shape index (κ1) is 21.2. The molecule has 0 radical (unpaired) electrons. The van der Waals surface area contributed by atoms with Gasteiger partial charge in [-0.25, -0.2) is 10.2 Å². The molecule has 0 fully saturated rings. The van der Waals surface area contributed by atoms with Gasteiger partial charge in [0.2, 0.25) is 0 Å². The van der Waals surface area contributed by atoms with Crippen LogP contribution in [0, 0.1) is 0 Å². The van der Waals surface area contributed by atoms with E-state index in [2.05, 4.69) is 10.5 Å². The smallest absolute Gasteiger partial charge is 0.332 e. The van der Waals surface area contributed by atoms with E-state index in [9.17, 15) is 4.79 Å². The van der Waals surface area contributed by atoms with Gasteiger partial charge >= 0.3 is 6.03 Å². The Morgan fingerprint density at radius 1 is 1.11 bits per heavy atom. The molecule has 9 heteroatoms. The molecule has 0 aromatic heterocycles. The third kappa shape index (κ3) is 6.24. The van der Waals surface area contributed by atoms with E-state index < -0.39 is 6.03 Å². The summed E-state index contributed by atoms with van der Waals surface area (Å²) >= 11 is 6.28. The third-order valence-corrected chi connectivity index (χ3v) is 3.78. The first-order chi connectivity index (χ1) is 13.5. The number of hydrogen-bond donors (Lipinski definition) is 2. The molecular weight excluding hydrogens is 386 g/mol. The molecule has 2 aromatic carbocycles. The molecule has 2 amide bonds. The van der Waals surface area contributed by atoms with Gasteiger partial charge in [0.1, 0.15) is 0 Å². The number of para-hydroxylation sites is 2. The van der Waals surface area contributed by atoms with Crippen LogP contribution in [0.4, 0.5) is 4.79 Å². The van der Waals surface area contributed by atoms with E-state index >= 15 is 0 Å². The Hall–Kier alpha value is -3.13. The first-order valence-corrected chi connectivity index (χ1v) is 8.77. The number of nitrogens with two attached hydrogens (primary N) is 1. The van der Waals surface area contributed by atoms with Crippen molar-refractivity contribution in [2.24, 2.45) is 10.8 Å². The minimum absolute atomic E-state index is 0.352. The number of primary amides is 1. The van der Waals surface area contributed by atoms with Crippen LogP contribution in [0.1, 0.15) is 12.0 Å². The maximum Gasteiger partial charge on any atom is 0.332 e. The van der Waals surface area contributed by atoms with E-state index in [-0.39, 0.29) is 0 Å². The average Bonchev–Trinajstić information content (AvgIpc) is 2.68. The Morgan fingerprint density at radius 2 is 1.79 bits per heavy atom. The topological polar surface area (TPSA) is 104 Å². The van der Waals surface area contributed by atoms with Crippen molar-refractivity contribution in [1.29, 1.82) is 0 Å². The lowest BCUT2D eigenvalue weighted by Crippen LogP contribution is -2.24. The van der Waals surface area contributed by atoms with Crippen LogP contribution in [0.5, 0.6) is 23.0 Å². The number of hydrogen-bond acceptors (Lipinski definition) is 6. The number of amides is 2. The number of rotatable bonds is 10. The van der Waals surface area contributed by atoms with Crippen molar-refractivity contribution in [3.63, 3.8) is 0 Å². The molecule has 2 rings (SSSR count). The number of nitrogens with one attached hydrogen (secondary N) is 1. The van der Waals surface area contributed by atoms with Gasteiger partial charge in [0.05, 0.1) is 38.7 Å². The normalized spacial score (nSPS) is 10.5. The number of carbonyl (C=O) groups is 1. The molecule has 0 saturated heterocycles. The number of halogens is 1. The zero-order valence-electron chi connectivity index (χ0n) is 15.6. The Kier molecular flexibility index (Phi) is 8.23. The molecular formula is C19H22ClN3O5. The van der Waals surface area contributed by atoms with Crippen molar-refractivity contribution < 1.29 is 23.7 Å². The van der Waals surface area contributed by atoms with Crippen LogP contribution in [-0.2, 0) is 0 Å². The molecule has 2 aromatic rings. The lowest BCUT2D eigenvalue weighted by molar-refractivity contribution is 0.235. The van der Waals surface area contributed by atoms with Crippen molar-refractivity contribution in [3.8, 4) is 23.0 Å². The summed E-state index contributed by atoms with van der Waals surface area (Å²) in [7, 11) is 3.10. The zero-order chi connectivity index (χ0) is 20.4. The maximum atomic E-state index is 10.6. The van der Waals surface area contributed by atoms with Crippen molar-refractivity contribution in [1.82, 2.24) is 5.43 Å². The summed E-state index contributed by atoms with van der Waals surface area (Å²) in [6.45, 7) is 0.825. The van der Waals surface area contributed by atoms with Crippen LogP contribution >= 0.6 is 11.6 Å². The number of ether oxygens (including phenoxy) is 4. The summed E-state index contributed by atoms with van der Waals surface area (Å²) in [5, 5.41) is 4.04. The summed E-state index contributed by atoms with van der Waals surface area (Å²) in [5.74, 6) is 2.21. The van der Waals surface area contributed by atoms with E-state index in [1.54, 1.807) is 19.2 Å². The van der Waals surface area contributed by atoms with Crippen LogP contribution in [0.15, 0.2) is 41.5 Å². The summed E-state index contributed by atoms with van der Waals surface area (Å²) in [4.78, 5) is 10.6. The summed E-state index contributed by atoms with van der Waals surface area (Å²) in [6, 6.07) is 9.98. The number of benzene rings is 2. The molecule has 8 nitrogen and oxygen atoms in total. The lowest BCUT2D eigenvalue weighted by atomic mass is 10.2. The van der Waals surface area contributed by atoms with E-state index in [1.165, 1.54) is 13.3 Å². The third-order valence-electron chi connectivity index (χ3n) is 3.50. The fraction of sp³-hybridized carbons (Fsp3) is 0.263. The highest BCUT2D eigenvalue weighted by atomic mass is 35.5. The second-order valence-corrected chi connectivity index (χ2v) is 5.88. The Bertz CT molecular complexity index is 829. The molecule has 0 aliphatic heterocycles. The van der Waals surface area contributed by atoms with Gasteiger partial charge in [-0.15, -0.1) is 0 Å². The van der Waals surface area contributed by atoms with Crippen LogP contribution in [-0.4, -0.2) is 39.7 Å². The van der Waals surface area contributed by atoms with E-state index in [0.717, 1.165) is 0 Å². The van der Waals surface area contributed by atoms with Gasteiger partial charge in [-0.2, -0.15) is 5.10 Å². The van der Waals surface area contributed by atoms with Crippen molar-refractivity contribution in [2.75, 3.05) is 27.4 Å². The molecule has 0 unspecified atom stereocenters. The molecule has 0 atom stereocenters. The average molecular weight is 408 g/mol. The van der Waals surface area contributed by atoms with Gasteiger partial charge < -0.3 is 24.7 Å². The minimum atomic E-state index is -0.760. The SMILES string of the molecule is COc1ccccc1OCCCOc1c(Cl)cc(/C=N\NC(N)=O)cc1OC. The molecule has 0 aliphatic rings. The second kappa shape index (κ2) is 10.9. The second-order valence-electron chi connectivity index (χ2n) is 5.47. The van der Waals surface area contributed by atoms with Crippen LogP contribution in [0.25, 0.3) is 0 Å². The standard InChI is InChI=1S/C19H22ClN3O5/c1-25-15-6-3-4-7-16(15)27-8-5-9-28-18-14(20)10-13(11-17(18)26-2)12-22-23-19(21)24/h3-4,6-7,10-12H,5,8-9H2,1-2H3,(H3,21,23,24)/b22-12-. The van der Waals surface area contributed by atoms with Gasteiger partial charge in [-0.1, -0.05) is 23.7 Å². The molecule has 28 heavy (non-hydrogen) atoms. The Balaban J connectivity index is 1.91. The highest BCUT2D eigenvalue weighted by Gasteiger charge is 2.12. The number of hydrazone groups is 1. The minimum Gasteiger partial charge on any atom is -0.493 e. The first-order valence-electron chi connectivity index (χ1n) is 8.39. The molecule has 0 bridgehead atoms. The summed E-state index contributed by atoms with van der Waals surface area (Å²) in [6.07, 6.45) is 2.02. The zero-order valence-corrected chi connectivity index (χ0v) is 16.4. The fourth-order valence-corrected chi connectivity index (χ4v) is 2.55. The predicted octanol–water partition coefficient (Wildman–Crippen LogP) is 3.21. The van der Waals surface area contributed by atoms with Gasteiger partial charge in [0.15, 0.2) is 23.0 Å². The quantitative estimate of drug-likeness (QED) is 0.357. The number of methoxy groups -OCH3 is 2. The van der Waals surface area contributed by atoms with Gasteiger partial charge in [-0.3, -0.25) is 0 Å².